The van der Waals surface area contributed by atoms with Crippen LogP contribution < -0.4 is 5.73 Å². The van der Waals surface area contributed by atoms with Crippen LogP contribution >= 0.6 is 22.9 Å². The molecule has 0 radical (unpaired) electrons. The number of carbonyl (C=O) groups is 1. The quantitative estimate of drug-likeness (QED) is 0.867. The third-order valence-electron chi connectivity index (χ3n) is 2.50. The number of nitrogens with two attached hydrogens (primary N) is 1. The van der Waals surface area contributed by atoms with Gasteiger partial charge in [0.05, 0.1) is 10.9 Å². The average molecular weight is 275 g/mol. The van der Waals surface area contributed by atoms with Gasteiger partial charge in [0.1, 0.15) is 0 Å². The summed E-state index contributed by atoms with van der Waals surface area (Å²) in [5.41, 5.74) is 5.64. The van der Waals surface area contributed by atoms with Crippen LogP contribution in [-0.2, 0) is 11.3 Å². The predicted octanol–water partition coefficient (Wildman–Crippen LogP) is 2.88. The Kier molecular flexibility index (Phi) is 5.95. The second-order valence-electron chi connectivity index (χ2n) is 4.33. The van der Waals surface area contributed by atoms with Crippen LogP contribution in [0.3, 0.4) is 0 Å². The molecule has 0 aromatic carbocycles. The van der Waals surface area contributed by atoms with E-state index in [0.717, 1.165) is 22.1 Å². The van der Waals surface area contributed by atoms with Crippen molar-refractivity contribution in [3.63, 3.8) is 0 Å². The van der Waals surface area contributed by atoms with Gasteiger partial charge >= 0.3 is 0 Å². The number of hydrogen-bond acceptors (Lipinski definition) is 3. The Morgan fingerprint density at radius 3 is 2.82 bits per heavy atom. The minimum Gasteiger partial charge on any atom is -0.341 e. The number of nitrogens with zero attached hydrogens (tertiary/aromatic N) is 1. The summed E-state index contributed by atoms with van der Waals surface area (Å²) >= 11 is 7.36. The first kappa shape index (κ1) is 14.5. The van der Waals surface area contributed by atoms with E-state index >= 15 is 0 Å². The van der Waals surface area contributed by atoms with Crippen LogP contribution in [-0.4, -0.2) is 23.9 Å². The second-order valence-corrected chi connectivity index (χ2v) is 6.12. The van der Waals surface area contributed by atoms with Crippen LogP contribution in [0.25, 0.3) is 0 Å². The van der Waals surface area contributed by atoms with E-state index in [1.807, 2.05) is 26.1 Å². The Balaban J connectivity index is 2.31. The van der Waals surface area contributed by atoms with Crippen LogP contribution in [0.1, 0.15) is 31.1 Å². The maximum atomic E-state index is 11.8. The molecule has 1 unspecified atom stereocenters. The fraction of sp³-hybridized carbons (Fsp3) is 0.583. The molecule has 96 valence electrons. The summed E-state index contributed by atoms with van der Waals surface area (Å²) in [4.78, 5) is 14.6. The van der Waals surface area contributed by atoms with E-state index in [-0.39, 0.29) is 11.9 Å². The van der Waals surface area contributed by atoms with E-state index in [2.05, 4.69) is 0 Å². The third-order valence-corrected chi connectivity index (χ3v) is 3.71. The topological polar surface area (TPSA) is 46.3 Å². The molecule has 1 aromatic heterocycles. The average Bonchev–Trinajstić information content (AvgIpc) is 2.63. The van der Waals surface area contributed by atoms with E-state index in [9.17, 15) is 4.79 Å². The molecule has 0 aliphatic rings. The van der Waals surface area contributed by atoms with Crippen molar-refractivity contribution >= 4 is 28.8 Å². The Labute approximate surface area is 112 Å². The molecule has 0 aliphatic heterocycles. The Hall–Kier alpha value is -0.580. The van der Waals surface area contributed by atoms with Gasteiger partial charge in [-0.25, -0.2) is 0 Å². The van der Waals surface area contributed by atoms with Crippen molar-refractivity contribution in [1.29, 1.82) is 0 Å². The predicted molar refractivity (Wildman–Crippen MR) is 73.3 cm³/mol. The van der Waals surface area contributed by atoms with Gasteiger partial charge < -0.3 is 10.6 Å². The minimum absolute atomic E-state index is 0.162. The van der Waals surface area contributed by atoms with Crippen LogP contribution in [0, 0.1) is 0 Å². The monoisotopic (exact) mass is 274 g/mol. The van der Waals surface area contributed by atoms with Gasteiger partial charge in [0.2, 0.25) is 5.91 Å². The van der Waals surface area contributed by atoms with Crippen molar-refractivity contribution in [1.82, 2.24) is 4.90 Å². The molecule has 0 saturated carbocycles. The molecule has 5 heteroatoms. The zero-order chi connectivity index (χ0) is 12.8. The van der Waals surface area contributed by atoms with Gasteiger partial charge in [0.15, 0.2) is 0 Å². The molecular formula is C12H19ClN2OS. The molecule has 0 aliphatic carbocycles. The normalized spacial score (nSPS) is 12.5. The third kappa shape index (κ3) is 5.52. The maximum Gasteiger partial charge on any atom is 0.222 e. The largest absolute Gasteiger partial charge is 0.341 e. The summed E-state index contributed by atoms with van der Waals surface area (Å²) in [6.07, 6.45) is 2.31. The maximum absolute atomic E-state index is 11.8. The summed E-state index contributed by atoms with van der Waals surface area (Å²) in [6.45, 7) is 2.59. The lowest BCUT2D eigenvalue weighted by Gasteiger charge is -2.16. The highest BCUT2D eigenvalue weighted by Gasteiger charge is 2.10. The SMILES string of the molecule is CC(N)CCCC(=O)N(C)Cc1ccc(Cl)s1. The first-order valence-electron chi connectivity index (χ1n) is 5.73. The van der Waals surface area contributed by atoms with Crippen LogP contribution in [0.4, 0.5) is 0 Å². The molecule has 1 aromatic rings. The van der Waals surface area contributed by atoms with Crippen LogP contribution in [0.15, 0.2) is 12.1 Å². The number of amides is 1. The van der Waals surface area contributed by atoms with E-state index in [1.165, 1.54) is 11.3 Å². The summed E-state index contributed by atoms with van der Waals surface area (Å²) < 4.78 is 0.762. The highest BCUT2D eigenvalue weighted by Crippen LogP contribution is 2.22. The van der Waals surface area contributed by atoms with Gasteiger partial charge in [-0.05, 0) is 31.9 Å². The zero-order valence-corrected chi connectivity index (χ0v) is 11.9. The molecule has 0 spiro atoms. The molecule has 0 saturated heterocycles. The Morgan fingerprint density at radius 1 is 1.59 bits per heavy atom. The molecule has 3 nitrogen and oxygen atoms in total. The number of rotatable bonds is 6. The van der Waals surface area contributed by atoms with Crippen molar-refractivity contribution in [2.45, 2.75) is 38.8 Å². The first-order chi connectivity index (χ1) is 7.99. The Bertz CT molecular complexity index is 365. The van der Waals surface area contributed by atoms with Gasteiger partial charge in [-0.3, -0.25) is 4.79 Å². The minimum atomic E-state index is 0.162. The van der Waals surface area contributed by atoms with Crippen molar-refractivity contribution in [2.24, 2.45) is 5.73 Å². The molecule has 2 N–H and O–H groups in total. The van der Waals surface area contributed by atoms with E-state index in [0.29, 0.717) is 13.0 Å². The number of carbonyl (C=O) groups excluding carboxylic acids is 1. The molecule has 1 amide bonds. The summed E-state index contributed by atoms with van der Waals surface area (Å²) in [5.74, 6) is 0.162. The number of halogens is 1. The van der Waals surface area contributed by atoms with Gasteiger partial charge in [0.25, 0.3) is 0 Å². The summed E-state index contributed by atoms with van der Waals surface area (Å²) in [5, 5.41) is 0. The highest BCUT2D eigenvalue weighted by atomic mass is 35.5. The molecule has 0 fully saturated rings. The van der Waals surface area contributed by atoms with Gasteiger partial charge in [-0.1, -0.05) is 11.6 Å². The smallest absolute Gasteiger partial charge is 0.222 e. The fourth-order valence-electron chi connectivity index (χ4n) is 1.52. The van der Waals surface area contributed by atoms with Crippen molar-refractivity contribution in [2.75, 3.05) is 7.05 Å². The standard InChI is InChI=1S/C12H19ClN2OS/c1-9(14)4-3-5-12(16)15(2)8-10-6-7-11(13)17-10/h6-7,9H,3-5,8,14H2,1-2H3. The van der Waals surface area contributed by atoms with Gasteiger partial charge in [-0.2, -0.15) is 0 Å². The molecule has 1 rings (SSSR count). The highest BCUT2D eigenvalue weighted by molar-refractivity contribution is 7.16. The molecule has 1 atom stereocenters. The van der Waals surface area contributed by atoms with Gasteiger partial charge in [-0.15, -0.1) is 11.3 Å². The molecule has 1 heterocycles. The summed E-state index contributed by atoms with van der Waals surface area (Å²) in [6, 6.07) is 3.98. The van der Waals surface area contributed by atoms with E-state index in [4.69, 9.17) is 17.3 Å². The van der Waals surface area contributed by atoms with Crippen molar-refractivity contribution in [3.8, 4) is 0 Å². The fourth-order valence-corrected chi connectivity index (χ4v) is 2.67. The van der Waals surface area contributed by atoms with Crippen molar-refractivity contribution in [3.05, 3.63) is 21.3 Å². The van der Waals surface area contributed by atoms with Crippen LogP contribution in [0.5, 0.6) is 0 Å². The number of thiophene rings is 1. The van der Waals surface area contributed by atoms with Gasteiger partial charge in [0, 0.05) is 24.4 Å². The van der Waals surface area contributed by atoms with E-state index < -0.39 is 0 Å². The Morgan fingerprint density at radius 2 is 2.29 bits per heavy atom. The lowest BCUT2D eigenvalue weighted by Crippen LogP contribution is -2.26. The zero-order valence-electron chi connectivity index (χ0n) is 10.3. The van der Waals surface area contributed by atoms with Crippen LogP contribution in [0.2, 0.25) is 4.34 Å². The van der Waals surface area contributed by atoms with Crippen molar-refractivity contribution < 1.29 is 4.79 Å². The molecular weight excluding hydrogens is 256 g/mol. The lowest BCUT2D eigenvalue weighted by atomic mass is 10.1. The first-order valence-corrected chi connectivity index (χ1v) is 6.92. The second kappa shape index (κ2) is 6.99. The number of hydrogen-bond donors (Lipinski definition) is 1. The molecule has 17 heavy (non-hydrogen) atoms. The summed E-state index contributed by atoms with van der Waals surface area (Å²) in [7, 11) is 1.82. The molecule has 0 bridgehead atoms. The van der Waals surface area contributed by atoms with E-state index in [1.54, 1.807) is 4.90 Å². The lowest BCUT2D eigenvalue weighted by molar-refractivity contribution is -0.130.